The molecular weight excluding hydrogens is 300 g/mol. The van der Waals surface area contributed by atoms with Gasteiger partial charge in [0, 0.05) is 5.56 Å². The molecule has 21 heavy (non-hydrogen) atoms. The van der Waals surface area contributed by atoms with Crippen molar-refractivity contribution >= 4 is 17.3 Å². The van der Waals surface area contributed by atoms with E-state index in [0.29, 0.717) is 4.88 Å². The maximum Gasteiger partial charge on any atom is 0.358 e. The van der Waals surface area contributed by atoms with Crippen LogP contribution in [0.3, 0.4) is 0 Å². The van der Waals surface area contributed by atoms with Crippen molar-refractivity contribution in [3.05, 3.63) is 53.0 Å². The Hall–Kier alpha value is -2.54. The summed E-state index contributed by atoms with van der Waals surface area (Å²) in [6, 6.07) is 6.51. The minimum absolute atomic E-state index is 0.107. The topological polar surface area (TPSA) is 63.3 Å². The van der Waals surface area contributed by atoms with E-state index in [0.717, 1.165) is 12.1 Å². The number of hydrogen-bond acceptors (Lipinski definition) is 4. The van der Waals surface area contributed by atoms with Crippen LogP contribution in [-0.2, 0) is 0 Å². The van der Waals surface area contributed by atoms with Crippen LogP contribution in [0.15, 0.2) is 40.1 Å². The molecule has 0 atom stereocenters. The third-order valence-electron chi connectivity index (χ3n) is 2.74. The largest absolute Gasteiger partial charge is 0.476 e. The summed E-state index contributed by atoms with van der Waals surface area (Å²) in [7, 11) is 0. The van der Waals surface area contributed by atoms with Crippen molar-refractivity contribution in [2.75, 3.05) is 0 Å². The fourth-order valence-corrected chi connectivity index (χ4v) is 2.45. The average molecular weight is 307 g/mol. The van der Waals surface area contributed by atoms with Crippen molar-refractivity contribution in [2.24, 2.45) is 0 Å². The number of carboxylic acids is 1. The molecule has 0 fully saturated rings. The smallest absolute Gasteiger partial charge is 0.358 e. The maximum absolute atomic E-state index is 13.3. The third-order valence-corrected chi connectivity index (χ3v) is 3.60. The molecule has 3 rings (SSSR count). The van der Waals surface area contributed by atoms with E-state index < -0.39 is 17.6 Å². The number of thiophene rings is 1. The van der Waals surface area contributed by atoms with Gasteiger partial charge in [0.25, 0.3) is 0 Å². The van der Waals surface area contributed by atoms with Crippen LogP contribution < -0.4 is 0 Å². The molecule has 4 nitrogen and oxygen atoms in total. The average Bonchev–Trinajstić information content (AvgIpc) is 3.09. The van der Waals surface area contributed by atoms with Crippen molar-refractivity contribution < 1.29 is 23.1 Å². The van der Waals surface area contributed by atoms with E-state index in [9.17, 15) is 18.7 Å². The Balaban J connectivity index is 2.16. The number of oxazole rings is 1. The molecule has 106 valence electrons. The molecule has 0 bridgehead atoms. The van der Waals surface area contributed by atoms with Gasteiger partial charge in [0.15, 0.2) is 23.1 Å². The van der Waals surface area contributed by atoms with Crippen molar-refractivity contribution in [1.82, 2.24) is 4.98 Å². The molecule has 1 aromatic carbocycles. The molecule has 1 N–H and O–H groups in total. The number of rotatable bonds is 3. The highest BCUT2D eigenvalue weighted by Gasteiger charge is 2.22. The summed E-state index contributed by atoms with van der Waals surface area (Å²) in [5.41, 5.74) is -0.231. The van der Waals surface area contributed by atoms with Gasteiger partial charge in [0.2, 0.25) is 5.89 Å². The molecule has 0 spiro atoms. The second kappa shape index (κ2) is 5.10. The number of benzene rings is 1. The van der Waals surface area contributed by atoms with Gasteiger partial charge in [0.1, 0.15) is 0 Å². The van der Waals surface area contributed by atoms with E-state index in [-0.39, 0.29) is 22.9 Å². The molecule has 0 saturated heterocycles. The monoisotopic (exact) mass is 307 g/mol. The van der Waals surface area contributed by atoms with Crippen LogP contribution in [0.2, 0.25) is 0 Å². The standard InChI is InChI=1S/C14H7F2NO3S/c15-8-4-3-7(6-9(8)16)12-11(14(18)19)17-13(20-12)10-2-1-5-21-10/h1-6H,(H,18,19). The van der Waals surface area contributed by atoms with Gasteiger partial charge in [-0.3, -0.25) is 0 Å². The summed E-state index contributed by atoms with van der Waals surface area (Å²) >= 11 is 1.33. The highest BCUT2D eigenvalue weighted by molar-refractivity contribution is 7.13. The van der Waals surface area contributed by atoms with Crippen molar-refractivity contribution in [1.29, 1.82) is 0 Å². The fourth-order valence-electron chi connectivity index (χ4n) is 1.80. The molecule has 0 saturated carbocycles. The first-order chi connectivity index (χ1) is 10.1. The zero-order valence-electron chi connectivity index (χ0n) is 10.3. The molecule has 2 heterocycles. The van der Waals surface area contributed by atoms with Gasteiger partial charge < -0.3 is 9.52 Å². The summed E-state index contributed by atoms with van der Waals surface area (Å²) in [4.78, 5) is 15.8. The number of nitrogens with zero attached hydrogens (tertiary/aromatic N) is 1. The molecule has 0 aliphatic heterocycles. The Labute approximate surface area is 121 Å². The molecule has 0 unspecified atom stereocenters. The van der Waals surface area contributed by atoms with Crippen LogP contribution in [0.4, 0.5) is 8.78 Å². The second-order valence-corrected chi connectivity index (χ2v) is 5.06. The Kier molecular flexibility index (Phi) is 3.26. The van der Waals surface area contributed by atoms with E-state index in [4.69, 9.17) is 4.42 Å². The van der Waals surface area contributed by atoms with Crippen LogP contribution in [0.1, 0.15) is 10.5 Å². The Morgan fingerprint density at radius 3 is 2.67 bits per heavy atom. The zero-order valence-corrected chi connectivity index (χ0v) is 11.2. The van der Waals surface area contributed by atoms with E-state index >= 15 is 0 Å². The SMILES string of the molecule is O=C(O)c1nc(-c2cccs2)oc1-c1ccc(F)c(F)c1. The molecule has 0 aliphatic carbocycles. The van der Waals surface area contributed by atoms with E-state index in [1.165, 1.54) is 17.4 Å². The highest BCUT2D eigenvalue weighted by Crippen LogP contribution is 2.32. The lowest BCUT2D eigenvalue weighted by atomic mass is 10.1. The van der Waals surface area contributed by atoms with E-state index in [2.05, 4.69) is 4.98 Å². The first-order valence-corrected chi connectivity index (χ1v) is 6.67. The molecule has 2 aromatic heterocycles. The normalized spacial score (nSPS) is 10.8. The lowest BCUT2D eigenvalue weighted by Gasteiger charge is -1.99. The fraction of sp³-hybridized carbons (Fsp3) is 0. The van der Waals surface area contributed by atoms with Crippen molar-refractivity contribution in [3.63, 3.8) is 0 Å². The second-order valence-electron chi connectivity index (χ2n) is 4.11. The predicted octanol–water partition coefficient (Wildman–Crippen LogP) is 4.05. The van der Waals surface area contributed by atoms with Gasteiger partial charge in [-0.25, -0.2) is 18.6 Å². The Morgan fingerprint density at radius 1 is 1.24 bits per heavy atom. The van der Waals surface area contributed by atoms with E-state index in [1.807, 2.05) is 0 Å². The zero-order chi connectivity index (χ0) is 15.0. The minimum atomic E-state index is -1.30. The van der Waals surface area contributed by atoms with Gasteiger partial charge in [0.05, 0.1) is 4.88 Å². The molecule has 0 aliphatic rings. The van der Waals surface area contributed by atoms with E-state index in [1.54, 1.807) is 17.5 Å². The summed E-state index contributed by atoms with van der Waals surface area (Å²) in [6.07, 6.45) is 0. The van der Waals surface area contributed by atoms with Crippen LogP contribution in [-0.4, -0.2) is 16.1 Å². The summed E-state index contributed by atoms with van der Waals surface area (Å²) in [5.74, 6) is -3.39. The summed E-state index contributed by atoms with van der Waals surface area (Å²) < 4.78 is 31.7. The van der Waals surface area contributed by atoms with Gasteiger partial charge >= 0.3 is 5.97 Å². The molecular formula is C14H7F2NO3S. The highest BCUT2D eigenvalue weighted by atomic mass is 32.1. The quantitative estimate of drug-likeness (QED) is 0.793. The van der Waals surface area contributed by atoms with Gasteiger partial charge in [-0.2, -0.15) is 0 Å². The van der Waals surface area contributed by atoms with Crippen LogP contribution in [0.25, 0.3) is 22.1 Å². The number of hydrogen-bond donors (Lipinski definition) is 1. The number of carboxylic acid groups (broad SMARTS) is 1. The third kappa shape index (κ3) is 2.43. The number of halogens is 2. The Bertz CT molecular complexity index is 812. The van der Waals surface area contributed by atoms with Crippen molar-refractivity contribution in [2.45, 2.75) is 0 Å². The summed E-state index contributed by atoms with van der Waals surface area (Å²) in [5, 5.41) is 11.0. The Morgan fingerprint density at radius 2 is 2.05 bits per heavy atom. The number of aromatic nitrogens is 1. The minimum Gasteiger partial charge on any atom is -0.476 e. The predicted molar refractivity (Wildman–Crippen MR) is 72.1 cm³/mol. The first kappa shape index (κ1) is 13.4. The summed E-state index contributed by atoms with van der Waals surface area (Å²) in [6.45, 7) is 0. The molecule has 3 aromatic rings. The van der Waals surface area contributed by atoms with Crippen LogP contribution >= 0.6 is 11.3 Å². The van der Waals surface area contributed by atoms with Gasteiger partial charge in [-0.15, -0.1) is 11.3 Å². The van der Waals surface area contributed by atoms with Crippen LogP contribution in [0.5, 0.6) is 0 Å². The molecule has 7 heteroatoms. The lowest BCUT2D eigenvalue weighted by Crippen LogP contribution is -1.99. The first-order valence-electron chi connectivity index (χ1n) is 5.79. The molecule has 0 radical (unpaired) electrons. The van der Waals surface area contributed by atoms with Crippen LogP contribution in [0, 0.1) is 11.6 Å². The van der Waals surface area contributed by atoms with Gasteiger partial charge in [-0.05, 0) is 29.6 Å². The van der Waals surface area contributed by atoms with Gasteiger partial charge in [-0.1, -0.05) is 6.07 Å². The molecule has 0 amide bonds. The number of aromatic carboxylic acids is 1. The maximum atomic E-state index is 13.3. The number of carbonyl (C=O) groups is 1. The lowest BCUT2D eigenvalue weighted by molar-refractivity contribution is 0.0691. The van der Waals surface area contributed by atoms with Crippen molar-refractivity contribution in [3.8, 4) is 22.1 Å².